The lowest BCUT2D eigenvalue weighted by Gasteiger charge is -2.29. The summed E-state index contributed by atoms with van der Waals surface area (Å²) in [6.45, 7) is 6.04. The minimum atomic E-state index is -0.603. The monoisotopic (exact) mass is 496 g/mol. The number of thioether (sulfide) groups is 1. The quantitative estimate of drug-likeness (QED) is 0.441. The summed E-state index contributed by atoms with van der Waals surface area (Å²) in [5.41, 5.74) is 1.88. The van der Waals surface area contributed by atoms with Crippen LogP contribution >= 0.6 is 35.0 Å². The third-order valence-corrected chi connectivity index (χ3v) is 6.86. The molecule has 0 aromatic heterocycles. The zero-order valence-corrected chi connectivity index (χ0v) is 21.2. The highest BCUT2D eigenvalue weighted by Gasteiger charge is 2.26. The number of nitrogens with one attached hydrogen (secondary N) is 1. The van der Waals surface area contributed by atoms with Gasteiger partial charge in [0.2, 0.25) is 11.8 Å². The van der Waals surface area contributed by atoms with Gasteiger partial charge < -0.3 is 15.0 Å². The number of rotatable bonds is 11. The van der Waals surface area contributed by atoms with Gasteiger partial charge in [-0.3, -0.25) is 9.59 Å². The zero-order valence-electron chi connectivity index (χ0n) is 18.9. The normalized spacial score (nSPS) is 12.7. The minimum absolute atomic E-state index is 0.0442. The molecular formula is C24H30Cl2N2O3S. The van der Waals surface area contributed by atoms with Crippen molar-refractivity contribution in [1.29, 1.82) is 0 Å². The number of hydrogen-bond donors (Lipinski definition) is 1. The van der Waals surface area contributed by atoms with E-state index < -0.39 is 6.04 Å². The van der Waals surface area contributed by atoms with E-state index in [9.17, 15) is 9.59 Å². The van der Waals surface area contributed by atoms with E-state index in [1.54, 1.807) is 31.1 Å². The SMILES string of the molecule is CC[C@@H](C)NC(=O)[C@@H](C)N(Cc1cccc(OC)c1)C(=O)CSCc1ccc(Cl)c(Cl)c1. The molecule has 0 aliphatic heterocycles. The molecule has 0 unspecified atom stereocenters. The average molecular weight is 497 g/mol. The van der Waals surface area contributed by atoms with Gasteiger partial charge in [-0.2, -0.15) is 0 Å². The van der Waals surface area contributed by atoms with Gasteiger partial charge in [-0.1, -0.05) is 48.3 Å². The number of halogens is 2. The predicted octanol–water partition coefficient (Wildman–Crippen LogP) is 5.57. The average Bonchev–Trinajstić information content (AvgIpc) is 2.79. The fourth-order valence-corrected chi connectivity index (χ4v) is 4.16. The molecule has 174 valence electrons. The molecule has 32 heavy (non-hydrogen) atoms. The Morgan fingerprint density at radius 3 is 2.50 bits per heavy atom. The van der Waals surface area contributed by atoms with Crippen LogP contribution in [0.1, 0.15) is 38.3 Å². The molecule has 0 aliphatic carbocycles. The van der Waals surface area contributed by atoms with E-state index in [-0.39, 0.29) is 23.6 Å². The molecule has 1 N–H and O–H groups in total. The van der Waals surface area contributed by atoms with Crippen molar-refractivity contribution in [2.24, 2.45) is 0 Å². The van der Waals surface area contributed by atoms with E-state index in [0.717, 1.165) is 17.5 Å². The summed E-state index contributed by atoms with van der Waals surface area (Å²) in [6, 6.07) is 12.4. The second-order valence-corrected chi connectivity index (χ2v) is 9.41. The summed E-state index contributed by atoms with van der Waals surface area (Å²) in [7, 11) is 1.60. The minimum Gasteiger partial charge on any atom is -0.497 e. The molecular weight excluding hydrogens is 467 g/mol. The summed E-state index contributed by atoms with van der Waals surface area (Å²) in [5, 5.41) is 3.97. The molecule has 0 radical (unpaired) electrons. The summed E-state index contributed by atoms with van der Waals surface area (Å²) < 4.78 is 5.30. The molecule has 0 heterocycles. The Kier molecular flexibility index (Phi) is 10.7. The number of ether oxygens (including phenoxy) is 1. The van der Waals surface area contributed by atoms with E-state index in [1.807, 2.05) is 44.2 Å². The first-order valence-electron chi connectivity index (χ1n) is 10.5. The Morgan fingerprint density at radius 2 is 1.84 bits per heavy atom. The van der Waals surface area contributed by atoms with E-state index in [4.69, 9.17) is 27.9 Å². The van der Waals surface area contributed by atoms with Gasteiger partial charge in [0.15, 0.2) is 0 Å². The number of nitrogens with zero attached hydrogens (tertiary/aromatic N) is 1. The molecule has 0 saturated heterocycles. The summed E-state index contributed by atoms with van der Waals surface area (Å²) in [4.78, 5) is 27.6. The third kappa shape index (κ3) is 7.91. The van der Waals surface area contributed by atoms with E-state index in [0.29, 0.717) is 28.1 Å². The molecule has 2 rings (SSSR count). The Labute approximate surface area is 204 Å². The first-order chi connectivity index (χ1) is 15.2. The van der Waals surface area contributed by atoms with Crippen LogP contribution in [0, 0.1) is 0 Å². The molecule has 0 fully saturated rings. The van der Waals surface area contributed by atoms with Crippen LogP contribution < -0.4 is 10.1 Å². The number of hydrogen-bond acceptors (Lipinski definition) is 4. The molecule has 0 aliphatic rings. The third-order valence-electron chi connectivity index (χ3n) is 5.13. The van der Waals surface area contributed by atoms with Crippen molar-refractivity contribution in [3.05, 3.63) is 63.6 Å². The highest BCUT2D eigenvalue weighted by Crippen LogP contribution is 2.25. The standard InChI is InChI=1S/C24H30Cl2N2O3S/c1-5-16(2)27-24(30)17(3)28(13-18-7-6-8-20(11-18)31-4)23(29)15-32-14-19-9-10-21(25)22(26)12-19/h6-12,16-17H,5,13-15H2,1-4H3,(H,27,30)/t16-,17-/m1/s1. The largest absolute Gasteiger partial charge is 0.497 e. The number of carbonyl (C=O) groups is 2. The van der Waals surface area contributed by atoms with Crippen molar-refractivity contribution in [3.63, 3.8) is 0 Å². The van der Waals surface area contributed by atoms with Gasteiger partial charge in [0, 0.05) is 18.3 Å². The van der Waals surface area contributed by atoms with Gasteiger partial charge in [-0.15, -0.1) is 11.8 Å². The molecule has 0 saturated carbocycles. The molecule has 5 nitrogen and oxygen atoms in total. The van der Waals surface area contributed by atoms with Crippen LogP contribution in [0.25, 0.3) is 0 Å². The summed E-state index contributed by atoms with van der Waals surface area (Å²) in [6.07, 6.45) is 0.821. The van der Waals surface area contributed by atoms with Crippen LogP contribution in [0.3, 0.4) is 0 Å². The van der Waals surface area contributed by atoms with Gasteiger partial charge in [-0.25, -0.2) is 0 Å². The Morgan fingerprint density at radius 1 is 1.09 bits per heavy atom. The predicted molar refractivity (Wildman–Crippen MR) is 134 cm³/mol. The lowest BCUT2D eigenvalue weighted by Crippen LogP contribution is -2.50. The first-order valence-corrected chi connectivity index (χ1v) is 12.4. The van der Waals surface area contributed by atoms with Crippen molar-refractivity contribution >= 4 is 46.8 Å². The molecule has 8 heteroatoms. The molecule has 0 bridgehead atoms. The maximum absolute atomic E-state index is 13.2. The van der Waals surface area contributed by atoms with Crippen LogP contribution in [0.15, 0.2) is 42.5 Å². The van der Waals surface area contributed by atoms with E-state index >= 15 is 0 Å². The first kappa shape index (κ1) is 26.4. The summed E-state index contributed by atoms with van der Waals surface area (Å²) in [5.74, 6) is 1.30. The number of benzene rings is 2. The second kappa shape index (κ2) is 13.0. The molecule has 2 amide bonds. The van der Waals surface area contributed by atoms with Crippen LogP contribution in [-0.2, 0) is 21.9 Å². The smallest absolute Gasteiger partial charge is 0.242 e. The van der Waals surface area contributed by atoms with Crippen molar-refractivity contribution in [2.75, 3.05) is 12.9 Å². The van der Waals surface area contributed by atoms with Crippen LogP contribution in [-0.4, -0.2) is 41.7 Å². The molecule has 2 aromatic rings. The molecule has 0 spiro atoms. The Hall–Kier alpha value is -1.89. The Bertz CT molecular complexity index is 926. The van der Waals surface area contributed by atoms with E-state index in [2.05, 4.69) is 5.32 Å². The number of methoxy groups -OCH3 is 1. The van der Waals surface area contributed by atoms with Gasteiger partial charge in [0.1, 0.15) is 11.8 Å². The van der Waals surface area contributed by atoms with Crippen molar-refractivity contribution in [3.8, 4) is 5.75 Å². The maximum Gasteiger partial charge on any atom is 0.242 e. The number of carbonyl (C=O) groups excluding carboxylic acids is 2. The zero-order chi connectivity index (χ0) is 23.7. The molecule has 2 atom stereocenters. The lowest BCUT2D eigenvalue weighted by atomic mass is 10.1. The molecule has 2 aromatic carbocycles. The van der Waals surface area contributed by atoms with Crippen LogP contribution in [0.5, 0.6) is 5.75 Å². The number of amides is 2. The summed E-state index contributed by atoms with van der Waals surface area (Å²) >= 11 is 13.5. The highest BCUT2D eigenvalue weighted by atomic mass is 35.5. The second-order valence-electron chi connectivity index (χ2n) is 7.61. The highest BCUT2D eigenvalue weighted by molar-refractivity contribution is 7.99. The van der Waals surface area contributed by atoms with Gasteiger partial charge in [-0.05, 0) is 55.7 Å². The maximum atomic E-state index is 13.2. The van der Waals surface area contributed by atoms with Gasteiger partial charge in [0.05, 0.1) is 22.9 Å². The van der Waals surface area contributed by atoms with Crippen molar-refractivity contribution < 1.29 is 14.3 Å². The fourth-order valence-electron chi connectivity index (χ4n) is 2.98. The fraction of sp³-hybridized carbons (Fsp3) is 0.417. The van der Waals surface area contributed by atoms with Gasteiger partial charge >= 0.3 is 0 Å². The van der Waals surface area contributed by atoms with Crippen LogP contribution in [0.2, 0.25) is 10.0 Å². The van der Waals surface area contributed by atoms with Crippen LogP contribution in [0.4, 0.5) is 0 Å². The van der Waals surface area contributed by atoms with Crippen molar-refractivity contribution in [2.45, 2.75) is 51.6 Å². The van der Waals surface area contributed by atoms with Crippen molar-refractivity contribution in [1.82, 2.24) is 10.2 Å². The van der Waals surface area contributed by atoms with Gasteiger partial charge in [0.25, 0.3) is 0 Å². The van der Waals surface area contributed by atoms with E-state index in [1.165, 1.54) is 11.8 Å². The lowest BCUT2D eigenvalue weighted by molar-refractivity contribution is -0.138. The Balaban J connectivity index is 2.11. The topological polar surface area (TPSA) is 58.6 Å².